The first-order valence-corrected chi connectivity index (χ1v) is 6.76. The molecule has 1 aliphatic heterocycles. The van der Waals surface area contributed by atoms with Crippen LogP contribution < -0.4 is 4.90 Å². The summed E-state index contributed by atoms with van der Waals surface area (Å²) in [6, 6.07) is 6.26. The first-order valence-electron chi connectivity index (χ1n) is 6.76. The number of rotatable bonds is 3. The van der Waals surface area contributed by atoms with Gasteiger partial charge in [0.15, 0.2) is 0 Å². The molecule has 0 aromatic heterocycles. The maximum Gasteiger partial charge on any atom is 0.309 e. The Bertz CT molecular complexity index is 531. The molecule has 1 aromatic carbocycles. The SMILES string of the molecule is CCOC(=O)C1CCN(c2cc(F)cc(C#N)c2)CC1. The predicted octanol–water partition coefficient (Wildman–Crippen LogP) is 2.48. The number of benzene rings is 1. The fraction of sp³-hybridized carbons (Fsp3) is 0.467. The Balaban J connectivity index is 2.02. The summed E-state index contributed by atoms with van der Waals surface area (Å²) in [5.41, 5.74) is 1.01. The van der Waals surface area contributed by atoms with Gasteiger partial charge in [-0.3, -0.25) is 4.79 Å². The third-order valence-corrected chi connectivity index (χ3v) is 3.49. The molecule has 1 aromatic rings. The van der Waals surface area contributed by atoms with E-state index >= 15 is 0 Å². The molecule has 1 heterocycles. The lowest BCUT2D eigenvalue weighted by molar-refractivity contribution is -0.148. The highest BCUT2D eigenvalue weighted by atomic mass is 19.1. The second-order valence-corrected chi connectivity index (χ2v) is 4.82. The van der Waals surface area contributed by atoms with Crippen LogP contribution in [0.1, 0.15) is 25.3 Å². The van der Waals surface area contributed by atoms with Crippen molar-refractivity contribution in [2.24, 2.45) is 5.92 Å². The molecule has 1 saturated heterocycles. The molecule has 4 nitrogen and oxygen atoms in total. The summed E-state index contributed by atoms with van der Waals surface area (Å²) < 4.78 is 18.4. The third kappa shape index (κ3) is 3.27. The van der Waals surface area contributed by atoms with E-state index in [1.165, 1.54) is 12.1 Å². The maximum atomic E-state index is 13.4. The minimum absolute atomic E-state index is 0.0739. The lowest BCUT2D eigenvalue weighted by Gasteiger charge is -2.32. The van der Waals surface area contributed by atoms with Crippen molar-refractivity contribution in [2.75, 3.05) is 24.6 Å². The number of halogens is 1. The van der Waals surface area contributed by atoms with Gasteiger partial charge >= 0.3 is 5.97 Å². The minimum Gasteiger partial charge on any atom is -0.466 e. The Morgan fingerprint density at radius 3 is 2.75 bits per heavy atom. The van der Waals surface area contributed by atoms with E-state index in [-0.39, 0.29) is 11.9 Å². The number of piperidine rings is 1. The topological polar surface area (TPSA) is 53.3 Å². The van der Waals surface area contributed by atoms with Crippen molar-refractivity contribution in [3.63, 3.8) is 0 Å². The monoisotopic (exact) mass is 276 g/mol. The number of carbonyl (C=O) groups is 1. The van der Waals surface area contributed by atoms with E-state index in [2.05, 4.69) is 0 Å². The van der Waals surface area contributed by atoms with Gasteiger partial charge in [-0.1, -0.05) is 0 Å². The quantitative estimate of drug-likeness (QED) is 0.796. The van der Waals surface area contributed by atoms with Crippen LogP contribution in [0.5, 0.6) is 0 Å². The van der Waals surface area contributed by atoms with Gasteiger partial charge in [-0.25, -0.2) is 4.39 Å². The van der Waals surface area contributed by atoms with Crippen LogP contribution in [0.3, 0.4) is 0 Å². The lowest BCUT2D eigenvalue weighted by Crippen LogP contribution is -2.37. The van der Waals surface area contributed by atoms with E-state index < -0.39 is 5.82 Å². The summed E-state index contributed by atoms with van der Waals surface area (Å²) in [4.78, 5) is 13.7. The molecule has 0 bridgehead atoms. The lowest BCUT2D eigenvalue weighted by atomic mass is 9.96. The van der Waals surface area contributed by atoms with Gasteiger partial charge in [0.1, 0.15) is 5.82 Å². The highest BCUT2D eigenvalue weighted by molar-refractivity contribution is 5.73. The Labute approximate surface area is 117 Å². The summed E-state index contributed by atoms with van der Waals surface area (Å²) in [6.45, 7) is 3.52. The van der Waals surface area contributed by atoms with Gasteiger partial charge in [0.25, 0.3) is 0 Å². The number of hydrogen-bond donors (Lipinski definition) is 0. The third-order valence-electron chi connectivity index (χ3n) is 3.49. The van der Waals surface area contributed by atoms with E-state index in [1.54, 1.807) is 13.0 Å². The van der Waals surface area contributed by atoms with E-state index in [4.69, 9.17) is 10.00 Å². The second kappa shape index (κ2) is 6.38. The first-order chi connectivity index (χ1) is 9.63. The molecule has 0 amide bonds. The van der Waals surface area contributed by atoms with Crippen LogP contribution in [0, 0.1) is 23.1 Å². The zero-order chi connectivity index (χ0) is 14.5. The molecule has 0 saturated carbocycles. The van der Waals surface area contributed by atoms with Gasteiger partial charge in [0.2, 0.25) is 0 Å². The van der Waals surface area contributed by atoms with Crippen molar-refractivity contribution in [1.29, 1.82) is 5.26 Å². The first kappa shape index (κ1) is 14.3. The maximum absolute atomic E-state index is 13.4. The second-order valence-electron chi connectivity index (χ2n) is 4.82. The van der Waals surface area contributed by atoms with Gasteiger partial charge in [-0.05, 0) is 38.0 Å². The molecule has 0 unspecified atom stereocenters. The average molecular weight is 276 g/mol. The molecule has 20 heavy (non-hydrogen) atoms. The molecule has 0 N–H and O–H groups in total. The highest BCUT2D eigenvalue weighted by Crippen LogP contribution is 2.25. The summed E-state index contributed by atoms with van der Waals surface area (Å²) in [6.07, 6.45) is 1.38. The Kier molecular flexibility index (Phi) is 4.57. The average Bonchev–Trinajstić information content (AvgIpc) is 2.47. The van der Waals surface area contributed by atoms with Gasteiger partial charge in [-0.2, -0.15) is 5.26 Å². The number of ether oxygens (including phenoxy) is 1. The summed E-state index contributed by atoms with van der Waals surface area (Å²) in [5.74, 6) is -0.633. The molecule has 106 valence electrons. The molecular weight excluding hydrogens is 259 g/mol. The molecule has 5 heteroatoms. The molecule has 0 atom stereocenters. The zero-order valence-corrected chi connectivity index (χ0v) is 11.4. The van der Waals surface area contributed by atoms with Crippen molar-refractivity contribution in [3.05, 3.63) is 29.6 Å². The molecular formula is C15H17FN2O2. The molecule has 1 aliphatic rings. The number of hydrogen-bond acceptors (Lipinski definition) is 4. The van der Waals surface area contributed by atoms with E-state index in [0.29, 0.717) is 43.8 Å². The van der Waals surface area contributed by atoms with Crippen molar-refractivity contribution < 1.29 is 13.9 Å². The van der Waals surface area contributed by atoms with E-state index in [0.717, 1.165) is 0 Å². The smallest absolute Gasteiger partial charge is 0.309 e. The molecule has 1 fully saturated rings. The van der Waals surface area contributed by atoms with Crippen LogP contribution in [0.2, 0.25) is 0 Å². The predicted molar refractivity (Wildman–Crippen MR) is 72.7 cm³/mol. The minimum atomic E-state index is -0.411. The fourth-order valence-corrected chi connectivity index (χ4v) is 2.45. The van der Waals surface area contributed by atoms with Crippen LogP contribution in [0.15, 0.2) is 18.2 Å². The number of esters is 1. The summed E-state index contributed by atoms with van der Waals surface area (Å²) in [5, 5.41) is 8.86. The summed E-state index contributed by atoms with van der Waals surface area (Å²) >= 11 is 0. The Morgan fingerprint density at radius 2 is 2.15 bits per heavy atom. The van der Waals surface area contributed by atoms with Crippen molar-refractivity contribution >= 4 is 11.7 Å². The molecule has 0 radical (unpaired) electrons. The number of anilines is 1. The fourth-order valence-electron chi connectivity index (χ4n) is 2.45. The normalized spacial score (nSPS) is 15.8. The van der Waals surface area contributed by atoms with Crippen molar-refractivity contribution in [2.45, 2.75) is 19.8 Å². The molecule has 0 aliphatic carbocycles. The van der Waals surface area contributed by atoms with Crippen LogP contribution in [0.4, 0.5) is 10.1 Å². The van der Waals surface area contributed by atoms with Gasteiger partial charge < -0.3 is 9.64 Å². The highest BCUT2D eigenvalue weighted by Gasteiger charge is 2.26. The van der Waals surface area contributed by atoms with Crippen LogP contribution in [-0.2, 0) is 9.53 Å². The van der Waals surface area contributed by atoms with E-state index in [9.17, 15) is 9.18 Å². The molecule has 0 spiro atoms. The zero-order valence-electron chi connectivity index (χ0n) is 11.4. The van der Waals surface area contributed by atoms with Gasteiger partial charge in [0, 0.05) is 18.8 Å². The Hall–Kier alpha value is -2.09. The van der Waals surface area contributed by atoms with Gasteiger partial charge in [-0.15, -0.1) is 0 Å². The van der Waals surface area contributed by atoms with Crippen molar-refractivity contribution in [3.8, 4) is 6.07 Å². The number of carbonyl (C=O) groups excluding carboxylic acids is 1. The molecule has 2 rings (SSSR count). The standard InChI is InChI=1S/C15H17FN2O2/c1-2-20-15(19)12-3-5-18(6-4-12)14-8-11(10-17)7-13(16)9-14/h7-9,12H,2-6H2,1H3. The number of nitriles is 1. The Morgan fingerprint density at radius 1 is 1.45 bits per heavy atom. The van der Waals surface area contributed by atoms with Crippen LogP contribution >= 0.6 is 0 Å². The van der Waals surface area contributed by atoms with E-state index in [1.807, 2.05) is 11.0 Å². The van der Waals surface area contributed by atoms with Crippen LogP contribution in [-0.4, -0.2) is 25.7 Å². The largest absolute Gasteiger partial charge is 0.466 e. The van der Waals surface area contributed by atoms with Crippen molar-refractivity contribution in [1.82, 2.24) is 0 Å². The number of nitrogens with zero attached hydrogens (tertiary/aromatic N) is 2. The van der Waals surface area contributed by atoms with Crippen LogP contribution in [0.25, 0.3) is 0 Å². The van der Waals surface area contributed by atoms with Gasteiger partial charge in [0.05, 0.1) is 24.2 Å². The summed E-state index contributed by atoms with van der Waals surface area (Å²) in [7, 11) is 0.